The van der Waals surface area contributed by atoms with Crippen molar-refractivity contribution in [1.29, 1.82) is 10.5 Å². The van der Waals surface area contributed by atoms with Gasteiger partial charge in [-0.1, -0.05) is 0 Å². The molecule has 1 aliphatic rings. The molecule has 1 fully saturated rings. The summed E-state index contributed by atoms with van der Waals surface area (Å²) in [7, 11) is 0. The first-order chi connectivity index (χ1) is 15.2. The lowest BCUT2D eigenvalue weighted by atomic mass is 9.67. The van der Waals surface area contributed by atoms with E-state index in [0.29, 0.717) is 19.3 Å². The molecule has 0 amide bonds. The number of nitriles is 2. The second kappa shape index (κ2) is 7.33. The monoisotopic (exact) mass is 408 g/mol. The fourth-order valence-electron chi connectivity index (χ4n) is 4.31. The molecule has 8 heteroatoms. The van der Waals surface area contributed by atoms with Crippen LogP contribution in [0.25, 0.3) is 33.5 Å². The molecule has 1 aliphatic carbocycles. The Hall–Kier alpha value is -4.04. The van der Waals surface area contributed by atoms with Crippen molar-refractivity contribution >= 4 is 10.9 Å². The van der Waals surface area contributed by atoms with Crippen molar-refractivity contribution in [3.8, 4) is 34.8 Å². The van der Waals surface area contributed by atoms with Crippen molar-refractivity contribution in [2.75, 3.05) is 0 Å². The predicted octanol–water partition coefficient (Wildman–Crippen LogP) is 3.92. The van der Waals surface area contributed by atoms with Crippen LogP contribution in [0.4, 0.5) is 0 Å². The van der Waals surface area contributed by atoms with Gasteiger partial charge in [0.05, 0.1) is 47.4 Å². The molecular weight excluding hydrogens is 388 g/mol. The van der Waals surface area contributed by atoms with Gasteiger partial charge in [-0.15, -0.1) is 0 Å². The lowest BCUT2D eigenvalue weighted by Crippen LogP contribution is -2.46. The van der Waals surface area contributed by atoms with Crippen molar-refractivity contribution in [2.45, 2.75) is 38.3 Å². The van der Waals surface area contributed by atoms with Gasteiger partial charge in [-0.05, 0) is 44.0 Å². The minimum atomic E-state index is -0.415. The summed E-state index contributed by atoms with van der Waals surface area (Å²) in [6.07, 6.45) is 9.06. The first-order valence-corrected chi connectivity index (χ1v) is 10.3. The van der Waals surface area contributed by atoms with Gasteiger partial charge in [-0.25, -0.2) is 4.98 Å². The first-order valence-electron chi connectivity index (χ1n) is 10.3. The molecule has 0 radical (unpaired) electrons. The van der Waals surface area contributed by atoms with E-state index in [1.807, 2.05) is 52.9 Å². The molecule has 4 heterocycles. The third kappa shape index (κ3) is 3.13. The van der Waals surface area contributed by atoms with E-state index >= 15 is 0 Å². The number of rotatable bonds is 5. The Labute approximate surface area is 179 Å². The van der Waals surface area contributed by atoms with Crippen molar-refractivity contribution in [1.82, 2.24) is 29.5 Å². The topological polar surface area (TPSA) is 109 Å². The van der Waals surface area contributed by atoms with Crippen molar-refractivity contribution < 1.29 is 0 Å². The zero-order chi connectivity index (χ0) is 21.4. The maximum absolute atomic E-state index is 9.33. The maximum Gasteiger partial charge on any atom is 0.111 e. The van der Waals surface area contributed by atoms with Crippen LogP contribution in [0.5, 0.6) is 0 Å². The quantitative estimate of drug-likeness (QED) is 0.495. The highest BCUT2D eigenvalue weighted by atomic mass is 15.3. The molecule has 0 spiro atoms. The number of hydrogen-bond acceptors (Lipinski definition) is 6. The molecule has 4 aromatic heterocycles. The van der Waals surface area contributed by atoms with Gasteiger partial charge in [-0.3, -0.25) is 14.3 Å². The van der Waals surface area contributed by atoms with Crippen LogP contribution in [0.3, 0.4) is 0 Å². The minimum Gasteiger partial charge on any atom is -0.272 e. The van der Waals surface area contributed by atoms with Gasteiger partial charge < -0.3 is 0 Å². The number of pyridine rings is 2. The van der Waals surface area contributed by atoms with Gasteiger partial charge in [0, 0.05) is 36.1 Å². The van der Waals surface area contributed by atoms with Gasteiger partial charge in [0.15, 0.2) is 0 Å². The number of aryl methyl sites for hydroxylation is 1. The molecule has 0 N–H and O–H groups in total. The molecular formula is C23H20N8. The molecule has 0 atom stereocenters. The average molecular weight is 408 g/mol. The van der Waals surface area contributed by atoms with Crippen LogP contribution in [0.1, 0.15) is 26.2 Å². The van der Waals surface area contributed by atoms with Gasteiger partial charge in [0.25, 0.3) is 0 Å². The van der Waals surface area contributed by atoms with Crippen LogP contribution in [0.2, 0.25) is 0 Å². The summed E-state index contributed by atoms with van der Waals surface area (Å²) in [5.41, 5.74) is 3.59. The number of fused-ring (bicyclic) bond motifs is 1. The van der Waals surface area contributed by atoms with Crippen molar-refractivity contribution in [2.24, 2.45) is 5.92 Å². The third-order valence-electron chi connectivity index (χ3n) is 6.01. The fraction of sp³-hybridized carbons (Fsp3) is 0.304. The third-order valence-corrected chi connectivity index (χ3v) is 6.01. The summed E-state index contributed by atoms with van der Waals surface area (Å²) in [6.45, 7) is 2.83. The molecule has 152 valence electrons. The van der Waals surface area contributed by atoms with Gasteiger partial charge in [0.2, 0.25) is 0 Å². The van der Waals surface area contributed by atoms with Crippen molar-refractivity contribution in [3.63, 3.8) is 0 Å². The molecule has 4 aromatic rings. The van der Waals surface area contributed by atoms with E-state index in [2.05, 4.69) is 22.2 Å². The smallest absolute Gasteiger partial charge is 0.111 e. The van der Waals surface area contributed by atoms with Crippen LogP contribution in [-0.2, 0) is 12.1 Å². The molecule has 31 heavy (non-hydrogen) atoms. The number of hydrogen-bond donors (Lipinski definition) is 0. The zero-order valence-corrected chi connectivity index (χ0v) is 17.1. The summed E-state index contributed by atoms with van der Waals surface area (Å²) in [5.74, 6) is -0.0254. The highest BCUT2D eigenvalue weighted by Gasteiger charge is 2.46. The first kappa shape index (κ1) is 19.0. The lowest BCUT2D eigenvalue weighted by Gasteiger charge is -2.43. The summed E-state index contributed by atoms with van der Waals surface area (Å²) in [6, 6.07) is 12.3. The van der Waals surface area contributed by atoms with E-state index in [-0.39, 0.29) is 5.92 Å². The lowest BCUT2D eigenvalue weighted by molar-refractivity contribution is 0.0884. The highest BCUT2D eigenvalue weighted by molar-refractivity contribution is 5.93. The van der Waals surface area contributed by atoms with Crippen LogP contribution in [0.15, 0.2) is 49.1 Å². The summed E-state index contributed by atoms with van der Waals surface area (Å²) in [4.78, 5) is 9.45. The molecule has 0 bridgehead atoms. The van der Waals surface area contributed by atoms with Gasteiger partial charge >= 0.3 is 0 Å². The predicted molar refractivity (Wildman–Crippen MR) is 114 cm³/mol. The van der Waals surface area contributed by atoms with E-state index in [0.717, 1.165) is 40.1 Å². The van der Waals surface area contributed by atoms with Crippen LogP contribution >= 0.6 is 0 Å². The largest absolute Gasteiger partial charge is 0.272 e. The maximum atomic E-state index is 9.33. The molecule has 0 saturated heterocycles. The Morgan fingerprint density at radius 1 is 1.23 bits per heavy atom. The second-order valence-corrected chi connectivity index (χ2v) is 7.95. The Balaban J connectivity index is 1.61. The molecule has 0 aliphatic heterocycles. The number of nitrogens with zero attached hydrogens (tertiary/aromatic N) is 8. The Morgan fingerprint density at radius 2 is 2.10 bits per heavy atom. The Kier molecular flexibility index (Phi) is 4.48. The number of aromatic nitrogens is 6. The Morgan fingerprint density at radius 3 is 2.84 bits per heavy atom. The standard InChI is InChI=1S/C23H20N8/c1-2-30-15-17(14-27-30)20-10-21-18(4-3-8-26-21)22(28-20)19-5-9-31(29-19)23(6-7-24)11-16(12-23)13-25/h3-5,8-10,14-16H,2,6,11-12H2,1H3/t16-,23+. The van der Waals surface area contributed by atoms with E-state index in [4.69, 9.17) is 10.1 Å². The second-order valence-electron chi connectivity index (χ2n) is 7.95. The van der Waals surface area contributed by atoms with Crippen LogP contribution in [-0.4, -0.2) is 29.5 Å². The fourth-order valence-corrected chi connectivity index (χ4v) is 4.31. The van der Waals surface area contributed by atoms with Gasteiger partial charge in [-0.2, -0.15) is 20.7 Å². The average Bonchev–Trinajstić information content (AvgIpc) is 3.45. The van der Waals surface area contributed by atoms with Gasteiger partial charge in [0.1, 0.15) is 11.4 Å². The normalized spacial score (nSPS) is 20.2. The Bertz CT molecular complexity index is 1340. The minimum absolute atomic E-state index is 0.0254. The summed E-state index contributed by atoms with van der Waals surface area (Å²) in [5, 5.41) is 28.6. The summed E-state index contributed by atoms with van der Waals surface area (Å²) >= 11 is 0. The molecule has 5 rings (SSSR count). The van der Waals surface area contributed by atoms with E-state index in [9.17, 15) is 10.5 Å². The van der Waals surface area contributed by atoms with Crippen LogP contribution < -0.4 is 0 Å². The SMILES string of the molecule is CCn1cc(-c2cc3ncccc3c(-c3ccn([C@]4(CC#N)C[C@H](C#N)C4)n3)n2)cn1. The van der Waals surface area contributed by atoms with E-state index in [1.54, 1.807) is 12.4 Å². The molecule has 0 aromatic carbocycles. The van der Waals surface area contributed by atoms with E-state index < -0.39 is 5.54 Å². The molecule has 8 nitrogen and oxygen atoms in total. The van der Waals surface area contributed by atoms with Crippen molar-refractivity contribution in [3.05, 3.63) is 49.1 Å². The molecule has 1 saturated carbocycles. The highest BCUT2D eigenvalue weighted by Crippen LogP contribution is 2.46. The van der Waals surface area contributed by atoms with E-state index in [1.165, 1.54) is 0 Å². The molecule has 0 unspecified atom stereocenters. The summed E-state index contributed by atoms with van der Waals surface area (Å²) < 4.78 is 3.72. The zero-order valence-electron chi connectivity index (χ0n) is 17.1. The van der Waals surface area contributed by atoms with Crippen LogP contribution in [0, 0.1) is 28.6 Å².